The molecule has 0 atom stereocenters. The molecule has 0 spiro atoms. The molecule has 0 aliphatic heterocycles. The van der Waals surface area contributed by atoms with Gasteiger partial charge in [0.2, 0.25) is 5.28 Å². The largest absolute Gasteiger partial charge is 0.223 e. The molecular weight excluding hydrogens is 259 g/mol. The van der Waals surface area contributed by atoms with Crippen LogP contribution in [0.25, 0.3) is 0 Å². The van der Waals surface area contributed by atoms with Gasteiger partial charge >= 0.3 is 0 Å². The maximum atomic E-state index is 13.2. The molecule has 4 nitrogen and oxygen atoms in total. The fraction of sp³-hybridized carbons (Fsp3) is 0.143. The lowest BCUT2D eigenvalue weighted by Gasteiger charge is -1.97. The highest BCUT2D eigenvalue weighted by Gasteiger charge is 2.10. The summed E-state index contributed by atoms with van der Waals surface area (Å²) in [5.41, 5.74) is 0. The summed E-state index contributed by atoms with van der Waals surface area (Å²) in [6.07, 6.45) is 1.03. The molecule has 8 heteroatoms. The van der Waals surface area contributed by atoms with Crippen LogP contribution in [-0.4, -0.2) is 19.3 Å². The number of hydrogen-bond donors (Lipinski definition) is 0. The van der Waals surface area contributed by atoms with E-state index in [1.54, 1.807) is 6.92 Å². The third-order valence-corrected chi connectivity index (χ3v) is 3.38. The van der Waals surface area contributed by atoms with Crippen molar-refractivity contribution in [3.8, 4) is 0 Å². The minimum absolute atomic E-state index is 0.0140. The Kier molecular flexibility index (Phi) is 3.13. The summed E-state index contributed by atoms with van der Waals surface area (Å²) in [7, 11) is 0. The zero-order valence-electron chi connectivity index (χ0n) is 7.44. The lowest BCUT2D eigenvalue weighted by Crippen LogP contribution is -1.90. The number of hydrogen-bond acceptors (Lipinski definition) is 6. The van der Waals surface area contributed by atoms with Gasteiger partial charge in [-0.1, -0.05) is 0 Å². The standard InChI is InChI=1S/C7H4ClFN4S2/c1-3-11-7(15-13-3)14-5-4(9)2-10-6(8)12-5/h2H,1H3. The van der Waals surface area contributed by atoms with Crippen LogP contribution in [0, 0.1) is 12.7 Å². The first-order valence-corrected chi connectivity index (χ1v) is 5.78. The summed E-state index contributed by atoms with van der Waals surface area (Å²) >= 11 is 7.83. The highest BCUT2D eigenvalue weighted by molar-refractivity contribution is 8.00. The molecule has 0 bridgehead atoms. The van der Waals surface area contributed by atoms with Gasteiger partial charge in [-0.05, 0) is 41.8 Å². The molecule has 78 valence electrons. The van der Waals surface area contributed by atoms with Gasteiger partial charge in [0.05, 0.1) is 6.20 Å². The van der Waals surface area contributed by atoms with Crippen LogP contribution in [0.3, 0.4) is 0 Å². The van der Waals surface area contributed by atoms with Crippen molar-refractivity contribution < 1.29 is 4.39 Å². The highest BCUT2D eigenvalue weighted by Crippen LogP contribution is 2.29. The van der Waals surface area contributed by atoms with E-state index in [1.165, 1.54) is 11.5 Å². The molecule has 0 aromatic carbocycles. The van der Waals surface area contributed by atoms with Gasteiger partial charge in [-0.25, -0.2) is 19.3 Å². The molecule has 0 fully saturated rings. The number of aromatic nitrogens is 4. The van der Waals surface area contributed by atoms with E-state index >= 15 is 0 Å². The maximum Gasteiger partial charge on any atom is 0.223 e. The van der Waals surface area contributed by atoms with E-state index in [9.17, 15) is 4.39 Å². The smallest absolute Gasteiger partial charge is 0.223 e. The number of rotatable bonds is 2. The molecule has 2 heterocycles. The maximum absolute atomic E-state index is 13.2. The third-order valence-electron chi connectivity index (χ3n) is 1.38. The number of halogens is 2. The van der Waals surface area contributed by atoms with E-state index in [1.807, 2.05) is 0 Å². The Morgan fingerprint density at radius 3 is 2.93 bits per heavy atom. The molecule has 0 saturated heterocycles. The second-order valence-corrected chi connectivity index (χ2v) is 4.83. The number of aryl methyl sites for hydroxylation is 1. The Morgan fingerprint density at radius 1 is 1.47 bits per heavy atom. The fourth-order valence-corrected chi connectivity index (χ4v) is 2.54. The van der Waals surface area contributed by atoms with Crippen molar-refractivity contribution in [1.29, 1.82) is 0 Å². The molecule has 0 saturated carbocycles. The predicted octanol–water partition coefficient (Wildman–Crippen LogP) is 2.58. The Morgan fingerprint density at radius 2 is 2.27 bits per heavy atom. The van der Waals surface area contributed by atoms with Crippen LogP contribution < -0.4 is 0 Å². The molecule has 15 heavy (non-hydrogen) atoms. The molecule has 0 aliphatic carbocycles. The van der Waals surface area contributed by atoms with E-state index in [0.717, 1.165) is 18.0 Å². The van der Waals surface area contributed by atoms with Crippen molar-refractivity contribution >= 4 is 34.9 Å². The van der Waals surface area contributed by atoms with Crippen LogP contribution in [0.15, 0.2) is 15.6 Å². The van der Waals surface area contributed by atoms with Gasteiger partial charge in [0.15, 0.2) is 10.2 Å². The van der Waals surface area contributed by atoms with Gasteiger partial charge < -0.3 is 0 Å². The minimum atomic E-state index is -0.516. The lowest BCUT2D eigenvalue weighted by atomic mass is 10.6. The summed E-state index contributed by atoms with van der Waals surface area (Å²) in [6.45, 7) is 1.77. The van der Waals surface area contributed by atoms with Crippen molar-refractivity contribution in [3.63, 3.8) is 0 Å². The van der Waals surface area contributed by atoms with Gasteiger partial charge in [0.25, 0.3) is 0 Å². The normalized spacial score (nSPS) is 10.6. The van der Waals surface area contributed by atoms with Crippen LogP contribution in [0.4, 0.5) is 4.39 Å². The molecule has 0 unspecified atom stereocenters. The van der Waals surface area contributed by atoms with Crippen molar-refractivity contribution in [1.82, 2.24) is 19.3 Å². The molecule has 2 aromatic rings. The minimum Gasteiger partial charge on any atom is -0.223 e. The first-order chi connectivity index (χ1) is 7.15. The van der Waals surface area contributed by atoms with Crippen molar-refractivity contribution in [3.05, 3.63) is 23.1 Å². The summed E-state index contributed by atoms with van der Waals surface area (Å²) in [6, 6.07) is 0. The van der Waals surface area contributed by atoms with Gasteiger partial charge in [0, 0.05) is 0 Å². The van der Waals surface area contributed by atoms with E-state index in [0.29, 0.717) is 10.2 Å². The third kappa shape index (κ3) is 2.61. The number of nitrogens with zero attached hydrogens (tertiary/aromatic N) is 4. The zero-order chi connectivity index (χ0) is 10.8. The van der Waals surface area contributed by atoms with Crippen molar-refractivity contribution in [2.75, 3.05) is 0 Å². The summed E-state index contributed by atoms with van der Waals surface area (Å²) in [5, 5.41) is 0.172. The molecule has 0 radical (unpaired) electrons. The second-order valence-electron chi connectivity index (χ2n) is 2.50. The van der Waals surface area contributed by atoms with Crippen LogP contribution >= 0.6 is 34.9 Å². The average Bonchev–Trinajstić information content (AvgIpc) is 2.58. The van der Waals surface area contributed by atoms with Crippen LogP contribution in [0.1, 0.15) is 5.82 Å². The van der Waals surface area contributed by atoms with E-state index in [2.05, 4.69) is 19.3 Å². The molecule has 0 amide bonds. The first kappa shape index (κ1) is 10.7. The SMILES string of the molecule is Cc1nsc(Sc2nc(Cl)ncc2F)n1. The molecular formula is C7H4ClFN4S2. The summed E-state index contributed by atoms with van der Waals surface area (Å²) in [5.74, 6) is 0.139. The first-order valence-electron chi connectivity index (χ1n) is 3.81. The predicted molar refractivity (Wildman–Crippen MR) is 55.8 cm³/mol. The topological polar surface area (TPSA) is 51.6 Å². The molecule has 0 N–H and O–H groups in total. The zero-order valence-corrected chi connectivity index (χ0v) is 9.83. The Balaban J connectivity index is 2.27. The Hall–Kier alpha value is -0.790. The molecule has 2 aromatic heterocycles. The van der Waals surface area contributed by atoms with Crippen LogP contribution in [0.5, 0.6) is 0 Å². The van der Waals surface area contributed by atoms with Crippen LogP contribution in [0.2, 0.25) is 5.28 Å². The van der Waals surface area contributed by atoms with Crippen molar-refractivity contribution in [2.24, 2.45) is 0 Å². The van der Waals surface area contributed by atoms with Crippen LogP contribution in [-0.2, 0) is 0 Å². The van der Waals surface area contributed by atoms with Gasteiger partial charge in [-0.15, -0.1) is 0 Å². The average molecular weight is 263 g/mol. The van der Waals surface area contributed by atoms with Gasteiger partial charge in [-0.3, -0.25) is 0 Å². The monoisotopic (exact) mass is 262 g/mol. The van der Waals surface area contributed by atoms with E-state index < -0.39 is 5.82 Å². The van der Waals surface area contributed by atoms with E-state index in [-0.39, 0.29) is 10.3 Å². The Labute approximate surface area is 98.1 Å². The van der Waals surface area contributed by atoms with Gasteiger partial charge in [-0.2, -0.15) is 4.37 Å². The fourth-order valence-electron chi connectivity index (χ4n) is 0.805. The Bertz CT molecular complexity index is 490. The van der Waals surface area contributed by atoms with E-state index in [4.69, 9.17) is 11.6 Å². The second kappa shape index (κ2) is 4.38. The highest BCUT2D eigenvalue weighted by atomic mass is 35.5. The quantitative estimate of drug-likeness (QED) is 0.615. The summed E-state index contributed by atoms with van der Waals surface area (Å²) in [4.78, 5) is 11.4. The molecule has 2 rings (SSSR count). The summed E-state index contributed by atoms with van der Waals surface area (Å²) < 4.78 is 17.8. The van der Waals surface area contributed by atoms with Crippen molar-refractivity contribution in [2.45, 2.75) is 16.3 Å². The van der Waals surface area contributed by atoms with Gasteiger partial charge in [0.1, 0.15) is 10.9 Å². The molecule has 0 aliphatic rings. The lowest BCUT2D eigenvalue weighted by molar-refractivity contribution is 0.579.